The van der Waals surface area contributed by atoms with Crippen LogP contribution in [0.4, 0.5) is 0 Å². The summed E-state index contributed by atoms with van der Waals surface area (Å²) in [5, 5.41) is 17.9. The highest BCUT2D eigenvalue weighted by Gasteiger charge is 2.16. The zero-order valence-electron chi connectivity index (χ0n) is 10.7. The molecule has 0 radical (unpaired) electrons. The van der Waals surface area contributed by atoms with E-state index >= 15 is 0 Å². The molecular weight excluding hydrogens is 228 g/mol. The lowest BCUT2D eigenvalue weighted by atomic mass is 10.1. The molecule has 0 aliphatic heterocycles. The van der Waals surface area contributed by atoms with E-state index in [0.29, 0.717) is 22.8 Å². The third-order valence-corrected chi connectivity index (χ3v) is 2.46. The number of hydrogen-bond donors (Lipinski definition) is 0. The van der Waals surface area contributed by atoms with Crippen LogP contribution in [0.15, 0.2) is 9.98 Å². The van der Waals surface area contributed by atoms with Crippen molar-refractivity contribution in [3.63, 3.8) is 0 Å². The first-order chi connectivity index (χ1) is 8.58. The normalized spacial score (nSPS) is 11.9. The van der Waals surface area contributed by atoms with Gasteiger partial charge in [-0.05, 0) is 13.8 Å². The number of hydrogen-bond acceptors (Lipinski definition) is 6. The quantitative estimate of drug-likeness (QED) is 0.722. The average molecular weight is 240 g/mol. The second-order valence-electron chi connectivity index (χ2n) is 3.46. The van der Waals surface area contributed by atoms with Crippen LogP contribution in [0.25, 0.3) is 0 Å². The van der Waals surface area contributed by atoms with Crippen molar-refractivity contribution in [1.29, 1.82) is 10.5 Å². The van der Waals surface area contributed by atoms with Crippen molar-refractivity contribution in [2.24, 2.45) is 9.98 Å². The fourth-order valence-corrected chi connectivity index (χ4v) is 1.31. The summed E-state index contributed by atoms with van der Waals surface area (Å²) in [7, 11) is 3.26. The summed E-state index contributed by atoms with van der Waals surface area (Å²) in [6.45, 7) is 3.54. The lowest BCUT2D eigenvalue weighted by Crippen LogP contribution is -2.14. The zero-order valence-corrected chi connectivity index (χ0v) is 10.7. The summed E-state index contributed by atoms with van der Waals surface area (Å²) >= 11 is 0. The largest absolute Gasteiger partial charge is 0.291 e. The van der Waals surface area contributed by atoms with Crippen LogP contribution >= 0.6 is 0 Å². The van der Waals surface area contributed by atoms with Crippen LogP contribution < -0.4 is 0 Å². The van der Waals surface area contributed by atoms with Gasteiger partial charge in [-0.2, -0.15) is 10.5 Å². The molecule has 6 heteroatoms. The molecule has 1 aromatic rings. The first kappa shape index (κ1) is 13.5. The molecular formula is C12H12N6. The summed E-state index contributed by atoms with van der Waals surface area (Å²) in [6, 6.07) is 3.72. The van der Waals surface area contributed by atoms with E-state index in [1.807, 2.05) is 12.1 Å². The fourth-order valence-electron chi connectivity index (χ4n) is 1.31. The van der Waals surface area contributed by atoms with Gasteiger partial charge < -0.3 is 0 Å². The topological polar surface area (TPSA) is 98.1 Å². The van der Waals surface area contributed by atoms with Crippen molar-refractivity contribution in [3.8, 4) is 12.1 Å². The minimum Gasteiger partial charge on any atom is -0.291 e. The van der Waals surface area contributed by atoms with Gasteiger partial charge in [-0.15, -0.1) is 0 Å². The van der Waals surface area contributed by atoms with E-state index in [9.17, 15) is 0 Å². The van der Waals surface area contributed by atoms with E-state index in [0.717, 1.165) is 0 Å². The summed E-state index contributed by atoms with van der Waals surface area (Å²) < 4.78 is 0. The van der Waals surface area contributed by atoms with Gasteiger partial charge in [0.1, 0.15) is 23.5 Å². The van der Waals surface area contributed by atoms with Gasteiger partial charge in [0.25, 0.3) is 0 Å². The summed E-state index contributed by atoms with van der Waals surface area (Å²) in [6.07, 6.45) is 0. The van der Waals surface area contributed by atoms with Gasteiger partial charge in [0.05, 0.1) is 11.4 Å². The molecule has 0 aliphatic carbocycles. The summed E-state index contributed by atoms with van der Waals surface area (Å²) in [5.41, 5.74) is 2.25. The monoisotopic (exact) mass is 240 g/mol. The molecule has 18 heavy (non-hydrogen) atoms. The number of nitrogens with zero attached hydrogens (tertiary/aromatic N) is 6. The van der Waals surface area contributed by atoms with E-state index in [2.05, 4.69) is 20.0 Å². The molecule has 1 aromatic heterocycles. The van der Waals surface area contributed by atoms with E-state index in [1.54, 1.807) is 27.9 Å². The first-order valence-electron chi connectivity index (χ1n) is 5.18. The Hall–Kier alpha value is -2.60. The fraction of sp³-hybridized carbons (Fsp3) is 0.333. The molecule has 6 nitrogen and oxygen atoms in total. The molecule has 90 valence electrons. The molecule has 0 saturated carbocycles. The predicted octanol–water partition coefficient (Wildman–Crippen LogP) is 1.10. The predicted molar refractivity (Wildman–Crippen MR) is 67.7 cm³/mol. The van der Waals surface area contributed by atoms with E-state index < -0.39 is 0 Å². The maximum Gasteiger partial charge on any atom is 0.177 e. The van der Waals surface area contributed by atoms with Crippen LogP contribution in [0.5, 0.6) is 0 Å². The zero-order chi connectivity index (χ0) is 13.7. The highest BCUT2D eigenvalue weighted by Crippen LogP contribution is 2.11. The highest BCUT2D eigenvalue weighted by atomic mass is 14.9. The van der Waals surface area contributed by atoms with Crippen LogP contribution in [0.1, 0.15) is 36.6 Å². The molecule has 0 saturated heterocycles. The van der Waals surface area contributed by atoms with Crippen molar-refractivity contribution in [3.05, 3.63) is 22.8 Å². The van der Waals surface area contributed by atoms with Crippen molar-refractivity contribution >= 4 is 11.4 Å². The molecule has 0 aromatic carbocycles. The Bertz CT molecular complexity index is 558. The highest BCUT2D eigenvalue weighted by molar-refractivity contribution is 6.08. The standard InChI is InChI=1S/C12H12N6/c1-7(15-3)11-12(8(2)16-4)18-10(6-14)9(5-13)17-11/h1-4H3. The van der Waals surface area contributed by atoms with Crippen LogP contribution in [-0.2, 0) is 0 Å². The number of nitriles is 2. The Morgan fingerprint density at radius 3 is 1.44 bits per heavy atom. The van der Waals surface area contributed by atoms with Gasteiger partial charge in [0, 0.05) is 14.1 Å². The Labute approximate surface area is 105 Å². The van der Waals surface area contributed by atoms with Crippen molar-refractivity contribution in [2.45, 2.75) is 13.8 Å². The summed E-state index contributed by atoms with van der Waals surface area (Å²) in [5.74, 6) is 0. The molecule has 0 unspecified atom stereocenters. The van der Waals surface area contributed by atoms with E-state index in [1.165, 1.54) is 0 Å². The number of aliphatic imine (C=N–C) groups is 2. The Kier molecular flexibility index (Phi) is 4.22. The van der Waals surface area contributed by atoms with E-state index in [-0.39, 0.29) is 11.4 Å². The second kappa shape index (κ2) is 5.65. The number of rotatable bonds is 2. The molecule has 0 atom stereocenters. The van der Waals surface area contributed by atoms with E-state index in [4.69, 9.17) is 10.5 Å². The van der Waals surface area contributed by atoms with Gasteiger partial charge in [0.2, 0.25) is 0 Å². The average Bonchev–Trinajstić information content (AvgIpc) is 2.43. The summed E-state index contributed by atoms with van der Waals surface area (Å²) in [4.78, 5) is 16.4. The Balaban J connectivity index is 3.70. The van der Waals surface area contributed by atoms with Crippen molar-refractivity contribution < 1.29 is 0 Å². The maximum absolute atomic E-state index is 8.94. The minimum atomic E-state index is 0.00292. The molecule has 0 spiro atoms. The van der Waals surface area contributed by atoms with Gasteiger partial charge in [-0.3, -0.25) is 9.98 Å². The van der Waals surface area contributed by atoms with Gasteiger partial charge in [-0.1, -0.05) is 0 Å². The Morgan fingerprint density at radius 1 is 0.889 bits per heavy atom. The molecule has 0 amide bonds. The third kappa shape index (κ3) is 2.38. The third-order valence-electron chi connectivity index (χ3n) is 2.46. The maximum atomic E-state index is 8.94. The van der Waals surface area contributed by atoms with Crippen molar-refractivity contribution in [1.82, 2.24) is 9.97 Å². The molecule has 0 bridgehead atoms. The van der Waals surface area contributed by atoms with Crippen LogP contribution in [0.2, 0.25) is 0 Å². The smallest absolute Gasteiger partial charge is 0.177 e. The van der Waals surface area contributed by atoms with Crippen LogP contribution in [-0.4, -0.2) is 35.5 Å². The first-order valence-corrected chi connectivity index (χ1v) is 5.18. The SMILES string of the molecule is CN=C(C)c1nc(C#N)c(C#N)nc1C(C)=NC. The van der Waals surface area contributed by atoms with Crippen molar-refractivity contribution in [2.75, 3.05) is 14.1 Å². The van der Waals surface area contributed by atoms with Crippen LogP contribution in [0.3, 0.4) is 0 Å². The lowest BCUT2D eigenvalue weighted by Gasteiger charge is -2.08. The lowest BCUT2D eigenvalue weighted by molar-refractivity contribution is 1.09. The van der Waals surface area contributed by atoms with Crippen LogP contribution in [0, 0.1) is 22.7 Å². The molecule has 0 N–H and O–H groups in total. The molecule has 1 heterocycles. The number of aromatic nitrogens is 2. The van der Waals surface area contributed by atoms with Gasteiger partial charge in [0.15, 0.2) is 11.4 Å². The van der Waals surface area contributed by atoms with Gasteiger partial charge >= 0.3 is 0 Å². The molecule has 0 aliphatic rings. The molecule has 1 rings (SSSR count). The second-order valence-corrected chi connectivity index (χ2v) is 3.46. The Morgan fingerprint density at radius 2 is 1.22 bits per heavy atom. The minimum absolute atomic E-state index is 0.00292. The molecule has 0 fully saturated rings. The van der Waals surface area contributed by atoms with Gasteiger partial charge in [-0.25, -0.2) is 9.97 Å².